The quantitative estimate of drug-likeness (QED) is 0.687. The van der Waals surface area contributed by atoms with Gasteiger partial charge in [0.2, 0.25) is 15.9 Å². The lowest BCUT2D eigenvalue weighted by Crippen LogP contribution is -2.31. The van der Waals surface area contributed by atoms with Crippen LogP contribution in [0.4, 0.5) is 0 Å². The van der Waals surface area contributed by atoms with Crippen LogP contribution in [0, 0.1) is 0 Å². The van der Waals surface area contributed by atoms with Gasteiger partial charge in [0.1, 0.15) is 4.90 Å². The molecule has 1 aromatic heterocycles. The molecule has 0 unspecified atom stereocenters. The van der Waals surface area contributed by atoms with Gasteiger partial charge >= 0.3 is 0 Å². The second-order valence-electron chi connectivity index (χ2n) is 4.04. The fourth-order valence-electron chi connectivity index (χ4n) is 1.38. The minimum absolute atomic E-state index is 0.0786. The molecular weight excluding hydrogens is 266 g/mol. The van der Waals surface area contributed by atoms with E-state index in [2.05, 4.69) is 15.0 Å². The van der Waals surface area contributed by atoms with Gasteiger partial charge in [-0.1, -0.05) is 13.3 Å². The predicted molar refractivity (Wildman–Crippen MR) is 72.0 cm³/mol. The first-order chi connectivity index (χ1) is 9.06. The van der Waals surface area contributed by atoms with E-state index in [1.54, 1.807) is 6.07 Å². The van der Waals surface area contributed by atoms with Crippen molar-refractivity contribution in [2.75, 3.05) is 13.1 Å². The van der Waals surface area contributed by atoms with Gasteiger partial charge in [-0.15, -0.1) is 0 Å². The Kier molecular flexibility index (Phi) is 6.44. The summed E-state index contributed by atoms with van der Waals surface area (Å²) in [5, 5.41) is 2.72. The Morgan fingerprint density at radius 2 is 2.16 bits per heavy atom. The molecule has 7 heteroatoms. The summed E-state index contributed by atoms with van der Waals surface area (Å²) in [6, 6.07) is 3.00. The van der Waals surface area contributed by atoms with E-state index in [0.29, 0.717) is 6.54 Å². The highest BCUT2D eigenvalue weighted by atomic mass is 32.2. The van der Waals surface area contributed by atoms with Crippen molar-refractivity contribution in [1.82, 2.24) is 15.0 Å². The van der Waals surface area contributed by atoms with E-state index in [1.165, 1.54) is 18.5 Å². The van der Waals surface area contributed by atoms with Gasteiger partial charge < -0.3 is 5.32 Å². The Balaban J connectivity index is 2.35. The number of carbonyl (C=O) groups is 1. The molecule has 0 aliphatic heterocycles. The van der Waals surface area contributed by atoms with E-state index in [1.807, 2.05) is 6.92 Å². The van der Waals surface area contributed by atoms with Gasteiger partial charge in [0.25, 0.3) is 0 Å². The van der Waals surface area contributed by atoms with E-state index in [0.717, 1.165) is 12.8 Å². The van der Waals surface area contributed by atoms with Crippen molar-refractivity contribution in [1.29, 1.82) is 0 Å². The summed E-state index contributed by atoms with van der Waals surface area (Å²) in [7, 11) is -3.57. The van der Waals surface area contributed by atoms with Crippen molar-refractivity contribution >= 4 is 15.9 Å². The number of pyridine rings is 1. The van der Waals surface area contributed by atoms with Crippen LogP contribution in [0.5, 0.6) is 0 Å². The second-order valence-corrected chi connectivity index (χ2v) is 5.81. The molecule has 0 saturated heterocycles. The number of aromatic nitrogens is 1. The van der Waals surface area contributed by atoms with Crippen LogP contribution in [0.15, 0.2) is 29.4 Å². The van der Waals surface area contributed by atoms with E-state index in [4.69, 9.17) is 0 Å². The van der Waals surface area contributed by atoms with Crippen LogP contribution in [-0.4, -0.2) is 32.4 Å². The lowest BCUT2D eigenvalue weighted by atomic mass is 10.3. The van der Waals surface area contributed by atoms with Crippen molar-refractivity contribution in [3.05, 3.63) is 24.5 Å². The number of unbranched alkanes of at least 4 members (excludes halogenated alkanes) is 1. The molecule has 1 rings (SSSR count). The highest BCUT2D eigenvalue weighted by molar-refractivity contribution is 7.89. The van der Waals surface area contributed by atoms with Gasteiger partial charge in [-0.05, 0) is 18.6 Å². The number of nitrogens with one attached hydrogen (secondary N) is 2. The molecule has 2 N–H and O–H groups in total. The molecule has 1 heterocycles. The monoisotopic (exact) mass is 285 g/mol. The first kappa shape index (κ1) is 15.6. The van der Waals surface area contributed by atoms with Crippen LogP contribution in [0.2, 0.25) is 0 Å². The number of carbonyl (C=O) groups excluding carboxylic acids is 1. The maximum atomic E-state index is 11.8. The average molecular weight is 285 g/mol. The molecule has 0 atom stereocenters. The summed E-state index contributed by atoms with van der Waals surface area (Å²) in [4.78, 5) is 15.2. The largest absolute Gasteiger partial charge is 0.356 e. The van der Waals surface area contributed by atoms with Gasteiger partial charge in [-0.25, -0.2) is 13.1 Å². The van der Waals surface area contributed by atoms with Crippen molar-refractivity contribution in [2.45, 2.75) is 31.1 Å². The number of hydrogen-bond donors (Lipinski definition) is 2. The minimum Gasteiger partial charge on any atom is -0.356 e. The van der Waals surface area contributed by atoms with Crippen molar-refractivity contribution in [3.8, 4) is 0 Å². The molecule has 0 aromatic carbocycles. The molecule has 1 amide bonds. The van der Waals surface area contributed by atoms with Gasteiger partial charge in [0.05, 0.1) is 0 Å². The number of amides is 1. The highest BCUT2D eigenvalue weighted by Crippen LogP contribution is 2.04. The Hall–Kier alpha value is -1.47. The first-order valence-corrected chi connectivity index (χ1v) is 7.71. The zero-order chi connectivity index (χ0) is 14.1. The zero-order valence-electron chi connectivity index (χ0n) is 10.9. The Labute approximate surface area is 113 Å². The van der Waals surface area contributed by atoms with Gasteiger partial charge in [0.15, 0.2) is 0 Å². The predicted octanol–water partition coefficient (Wildman–Crippen LogP) is 0.666. The molecule has 0 aliphatic carbocycles. The third-order valence-corrected chi connectivity index (χ3v) is 3.89. The maximum Gasteiger partial charge on any atom is 0.242 e. The Morgan fingerprint density at radius 1 is 1.37 bits per heavy atom. The topological polar surface area (TPSA) is 88.2 Å². The van der Waals surface area contributed by atoms with Gasteiger partial charge in [-0.2, -0.15) is 0 Å². The molecule has 0 saturated carbocycles. The van der Waals surface area contributed by atoms with Crippen LogP contribution < -0.4 is 10.0 Å². The van der Waals surface area contributed by atoms with Crippen molar-refractivity contribution in [2.24, 2.45) is 0 Å². The first-order valence-electron chi connectivity index (χ1n) is 6.22. The van der Waals surface area contributed by atoms with Crippen LogP contribution in [-0.2, 0) is 14.8 Å². The van der Waals surface area contributed by atoms with Crippen LogP contribution in [0.25, 0.3) is 0 Å². The Morgan fingerprint density at radius 3 is 2.79 bits per heavy atom. The van der Waals surface area contributed by atoms with E-state index in [9.17, 15) is 13.2 Å². The molecule has 6 nitrogen and oxygen atoms in total. The second kappa shape index (κ2) is 7.85. The minimum atomic E-state index is -3.57. The summed E-state index contributed by atoms with van der Waals surface area (Å²) in [5.74, 6) is -0.151. The normalized spacial score (nSPS) is 11.2. The average Bonchev–Trinajstić information content (AvgIpc) is 2.40. The van der Waals surface area contributed by atoms with Crippen molar-refractivity contribution in [3.63, 3.8) is 0 Å². The third kappa shape index (κ3) is 5.80. The van der Waals surface area contributed by atoms with Crippen LogP contribution >= 0.6 is 0 Å². The highest BCUT2D eigenvalue weighted by Gasteiger charge is 2.13. The molecule has 0 fully saturated rings. The molecule has 106 valence electrons. The maximum absolute atomic E-state index is 11.8. The van der Waals surface area contributed by atoms with Gasteiger partial charge in [-0.3, -0.25) is 9.78 Å². The number of rotatable bonds is 8. The number of hydrogen-bond acceptors (Lipinski definition) is 4. The van der Waals surface area contributed by atoms with E-state index in [-0.39, 0.29) is 23.8 Å². The lowest BCUT2D eigenvalue weighted by Gasteiger charge is -2.07. The standard InChI is InChI=1S/C12H19N3O3S/c1-2-3-8-14-12(16)6-9-15-19(17,18)11-5-4-7-13-10-11/h4-5,7,10,15H,2-3,6,8-9H2,1H3,(H,14,16). The fraction of sp³-hybridized carbons (Fsp3) is 0.500. The van der Waals surface area contributed by atoms with E-state index < -0.39 is 10.0 Å². The molecule has 0 radical (unpaired) electrons. The summed E-state index contributed by atoms with van der Waals surface area (Å²) >= 11 is 0. The molecule has 19 heavy (non-hydrogen) atoms. The molecular formula is C12H19N3O3S. The smallest absolute Gasteiger partial charge is 0.242 e. The van der Waals surface area contributed by atoms with Crippen molar-refractivity contribution < 1.29 is 13.2 Å². The van der Waals surface area contributed by atoms with E-state index >= 15 is 0 Å². The zero-order valence-corrected chi connectivity index (χ0v) is 11.7. The third-order valence-electron chi connectivity index (χ3n) is 2.44. The number of sulfonamides is 1. The summed E-state index contributed by atoms with van der Waals surface area (Å²) < 4.78 is 26.0. The SMILES string of the molecule is CCCCNC(=O)CCNS(=O)(=O)c1cccnc1. The van der Waals surface area contributed by atoms with Gasteiger partial charge in [0, 0.05) is 31.9 Å². The number of nitrogens with zero attached hydrogens (tertiary/aromatic N) is 1. The lowest BCUT2D eigenvalue weighted by molar-refractivity contribution is -0.120. The summed E-state index contributed by atoms with van der Waals surface area (Å²) in [6.45, 7) is 2.74. The molecule has 1 aromatic rings. The van der Waals surface area contributed by atoms with Crippen LogP contribution in [0.1, 0.15) is 26.2 Å². The fourth-order valence-corrected chi connectivity index (χ4v) is 2.38. The molecule has 0 aliphatic rings. The summed E-state index contributed by atoms with van der Waals surface area (Å²) in [6.07, 6.45) is 4.83. The molecule has 0 bridgehead atoms. The molecule has 0 spiro atoms. The van der Waals surface area contributed by atoms with Crippen LogP contribution in [0.3, 0.4) is 0 Å². The Bertz CT molecular complexity index is 488. The summed E-state index contributed by atoms with van der Waals surface area (Å²) in [5.41, 5.74) is 0.